The summed E-state index contributed by atoms with van der Waals surface area (Å²) in [6, 6.07) is 0. The fourth-order valence-corrected chi connectivity index (χ4v) is 1.22. The summed E-state index contributed by atoms with van der Waals surface area (Å²) in [6.45, 7) is 5.94. The van der Waals surface area contributed by atoms with E-state index in [9.17, 15) is 0 Å². The molecule has 0 aromatic carbocycles. The molecule has 0 aromatic rings. The Morgan fingerprint density at radius 3 is 0.923 bits per heavy atom. The second-order valence-corrected chi connectivity index (χ2v) is 3.07. The van der Waals surface area contributed by atoms with Crippen LogP contribution in [0.15, 0.2) is 0 Å². The molecule has 0 bridgehead atoms. The van der Waals surface area contributed by atoms with Crippen LogP contribution in [0.4, 0.5) is 0 Å². The van der Waals surface area contributed by atoms with E-state index in [1.54, 1.807) is 0 Å². The Bertz CT molecular complexity index is 57.8. The molecule has 0 atom stereocenters. The number of nitrogens with zero attached hydrogens (tertiary/aromatic N) is 3. The molecule has 0 unspecified atom stereocenters. The van der Waals surface area contributed by atoms with Gasteiger partial charge in [-0.1, -0.05) is 19.3 Å². The largest absolute Gasteiger partial charge is 0.662 e. The zero-order valence-electron chi connectivity index (χ0n) is 8.01. The van der Waals surface area contributed by atoms with Crippen molar-refractivity contribution in [3.8, 4) is 0 Å². The number of hydrogen-bond donors (Lipinski definition) is 0. The van der Waals surface area contributed by atoms with Crippen molar-refractivity contribution in [3.63, 3.8) is 0 Å². The van der Waals surface area contributed by atoms with Gasteiger partial charge >= 0.3 is 0 Å². The molecule has 4 heteroatoms. The standard InChI is InChI=1S/C9H18N3.Cu/c1-4-10-6-2-8-12-9-3-7-11-5-1;/h1-9H2;/q-3;. The maximum Gasteiger partial charge on any atom is 0 e. The summed E-state index contributed by atoms with van der Waals surface area (Å²) in [4.78, 5) is 0. The van der Waals surface area contributed by atoms with Gasteiger partial charge in [0.2, 0.25) is 0 Å². The van der Waals surface area contributed by atoms with Gasteiger partial charge in [0, 0.05) is 17.1 Å². The molecular formula is C9H18CuN3-3. The van der Waals surface area contributed by atoms with Crippen LogP contribution in [0.3, 0.4) is 0 Å². The predicted octanol–water partition coefficient (Wildman–Crippen LogP) is 2.29. The zero-order valence-corrected chi connectivity index (χ0v) is 8.95. The molecule has 0 amide bonds. The quantitative estimate of drug-likeness (QED) is 0.575. The third kappa shape index (κ3) is 8.72. The molecule has 1 aliphatic rings. The van der Waals surface area contributed by atoms with Gasteiger partial charge in [-0.15, -0.1) is 0 Å². The van der Waals surface area contributed by atoms with Crippen LogP contribution in [0.1, 0.15) is 19.3 Å². The zero-order chi connectivity index (χ0) is 8.49. The molecule has 0 N–H and O–H groups in total. The van der Waals surface area contributed by atoms with Crippen LogP contribution in [-0.4, -0.2) is 39.3 Å². The van der Waals surface area contributed by atoms with E-state index in [-0.39, 0.29) is 17.1 Å². The second-order valence-electron chi connectivity index (χ2n) is 3.07. The Balaban J connectivity index is 0.00000144. The summed E-state index contributed by atoms with van der Waals surface area (Å²) in [5, 5.41) is 13.2. The topological polar surface area (TPSA) is 42.3 Å². The number of hydrogen-bond acceptors (Lipinski definition) is 0. The first-order valence-electron chi connectivity index (χ1n) is 4.90. The fraction of sp³-hybridized carbons (Fsp3) is 1.00. The van der Waals surface area contributed by atoms with Crippen molar-refractivity contribution in [2.75, 3.05) is 39.3 Å². The molecule has 1 aliphatic heterocycles. The van der Waals surface area contributed by atoms with E-state index in [4.69, 9.17) is 0 Å². The van der Waals surface area contributed by atoms with Crippen molar-refractivity contribution in [2.45, 2.75) is 19.3 Å². The molecule has 1 saturated heterocycles. The molecule has 1 heterocycles. The Kier molecular flexibility index (Phi) is 10.8. The van der Waals surface area contributed by atoms with Gasteiger partial charge in [-0.3, -0.25) is 0 Å². The van der Waals surface area contributed by atoms with E-state index < -0.39 is 0 Å². The summed E-state index contributed by atoms with van der Waals surface area (Å²) < 4.78 is 0. The smallest absolute Gasteiger partial charge is 0 e. The van der Waals surface area contributed by atoms with E-state index >= 15 is 0 Å². The Morgan fingerprint density at radius 2 is 0.692 bits per heavy atom. The van der Waals surface area contributed by atoms with Crippen molar-refractivity contribution >= 4 is 0 Å². The maximum absolute atomic E-state index is 4.38. The van der Waals surface area contributed by atoms with Gasteiger partial charge in [-0.2, -0.15) is 39.3 Å². The summed E-state index contributed by atoms with van der Waals surface area (Å²) >= 11 is 0. The predicted molar refractivity (Wildman–Crippen MR) is 53.1 cm³/mol. The number of rotatable bonds is 0. The van der Waals surface area contributed by atoms with E-state index in [2.05, 4.69) is 16.0 Å². The summed E-state index contributed by atoms with van der Waals surface area (Å²) in [5.41, 5.74) is 0. The van der Waals surface area contributed by atoms with Crippen LogP contribution in [0, 0.1) is 0 Å². The summed E-state index contributed by atoms with van der Waals surface area (Å²) in [5.74, 6) is 0. The second kappa shape index (κ2) is 10.5. The van der Waals surface area contributed by atoms with Crippen molar-refractivity contribution in [2.24, 2.45) is 0 Å². The molecule has 0 aromatic heterocycles. The molecule has 3 nitrogen and oxygen atoms in total. The van der Waals surface area contributed by atoms with Gasteiger partial charge in [0.25, 0.3) is 0 Å². The Hall–Kier alpha value is 0.399. The van der Waals surface area contributed by atoms with Gasteiger partial charge in [0.05, 0.1) is 0 Å². The van der Waals surface area contributed by atoms with Crippen LogP contribution in [-0.2, 0) is 17.1 Å². The van der Waals surface area contributed by atoms with E-state index in [1.165, 1.54) is 0 Å². The monoisotopic (exact) mass is 231 g/mol. The molecule has 13 heavy (non-hydrogen) atoms. The molecule has 0 aliphatic carbocycles. The summed E-state index contributed by atoms with van der Waals surface area (Å²) in [6.07, 6.45) is 3.41. The first-order valence-corrected chi connectivity index (χ1v) is 4.90. The molecule has 83 valence electrons. The normalized spacial score (nSPS) is 22.2. The van der Waals surface area contributed by atoms with Crippen LogP contribution in [0.2, 0.25) is 0 Å². The molecule has 1 fully saturated rings. The average Bonchev–Trinajstić information content (AvgIpc) is 2.05. The summed E-state index contributed by atoms with van der Waals surface area (Å²) in [7, 11) is 0. The van der Waals surface area contributed by atoms with Crippen molar-refractivity contribution in [1.82, 2.24) is 0 Å². The van der Waals surface area contributed by atoms with Crippen LogP contribution < -0.4 is 0 Å². The first kappa shape index (κ1) is 13.4. The van der Waals surface area contributed by atoms with Crippen molar-refractivity contribution in [1.29, 1.82) is 0 Å². The fourth-order valence-electron chi connectivity index (χ4n) is 1.22. The van der Waals surface area contributed by atoms with E-state index in [0.29, 0.717) is 0 Å². The minimum absolute atomic E-state index is 0. The van der Waals surface area contributed by atoms with Crippen LogP contribution >= 0.6 is 0 Å². The molecule has 1 radical (unpaired) electrons. The van der Waals surface area contributed by atoms with E-state index in [0.717, 1.165) is 58.5 Å². The van der Waals surface area contributed by atoms with Gasteiger partial charge < -0.3 is 16.0 Å². The van der Waals surface area contributed by atoms with Crippen molar-refractivity contribution < 1.29 is 17.1 Å². The van der Waals surface area contributed by atoms with Gasteiger partial charge in [-0.05, 0) is 0 Å². The van der Waals surface area contributed by atoms with Crippen LogP contribution in [0.5, 0.6) is 0 Å². The van der Waals surface area contributed by atoms with E-state index in [1.807, 2.05) is 0 Å². The molecular weight excluding hydrogens is 214 g/mol. The first-order chi connectivity index (χ1) is 6.00. The van der Waals surface area contributed by atoms with Gasteiger partial charge in [0.1, 0.15) is 0 Å². The molecule has 0 spiro atoms. The third-order valence-electron chi connectivity index (χ3n) is 1.90. The Labute approximate surface area is 91.9 Å². The third-order valence-corrected chi connectivity index (χ3v) is 1.90. The average molecular weight is 232 g/mol. The minimum atomic E-state index is 0. The SMILES string of the molecule is C1C[N-]CCC[N-]CCC[N-]C1.[Cu]. The minimum Gasteiger partial charge on any atom is -0.662 e. The molecule has 0 saturated carbocycles. The molecule has 1 rings (SSSR count). The van der Waals surface area contributed by atoms with Gasteiger partial charge in [-0.25, -0.2) is 0 Å². The van der Waals surface area contributed by atoms with Crippen LogP contribution in [0.25, 0.3) is 16.0 Å². The van der Waals surface area contributed by atoms with Crippen molar-refractivity contribution in [3.05, 3.63) is 16.0 Å². The maximum atomic E-state index is 4.38. The van der Waals surface area contributed by atoms with Gasteiger partial charge in [0.15, 0.2) is 0 Å². The Morgan fingerprint density at radius 1 is 0.462 bits per heavy atom.